The summed E-state index contributed by atoms with van der Waals surface area (Å²) in [5, 5.41) is 32.5. The molecule has 0 spiro atoms. The van der Waals surface area contributed by atoms with Crippen molar-refractivity contribution in [2.24, 2.45) is 11.7 Å². The molecule has 1 aliphatic heterocycles. The molecule has 6 N–H and O–H groups in total. The fourth-order valence-electron chi connectivity index (χ4n) is 3.42. The minimum absolute atomic E-state index is 0.198. The topological polar surface area (TPSA) is 185 Å². The average Bonchev–Trinajstić information content (AvgIpc) is 3.30. The largest absolute Gasteiger partial charge is 0.550 e. The van der Waals surface area contributed by atoms with E-state index in [1.165, 1.54) is 17.2 Å². The van der Waals surface area contributed by atoms with Gasteiger partial charge in [-0.1, -0.05) is 12.8 Å². The molecule has 0 saturated carbocycles. The van der Waals surface area contributed by atoms with Gasteiger partial charge < -0.3 is 36.3 Å². The number of carboxylic acids is 1. The molecule has 32 heavy (non-hydrogen) atoms. The number of carbonyl (C=O) groups excluding carboxylic acids is 1. The smallest absolute Gasteiger partial charge is 0.168 e. The number of hydrogen-bond donors (Lipinski definition) is 4. The van der Waals surface area contributed by atoms with Gasteiger partial charge >= 0.3 is 0 Å². The first-order valence-electron chi connectivity index (χ1n) is 10.3. The van der Waals surface area contributed by atoms with E-state index >= 15 is 0 Å². The van der Waals surface area contributed by atoms with Crippen molar-refractivity contribution >= 4 is 33.8 Å². The van der Waals surface area contributed by atoms with Crippen molar-refractivity contribution < 1.29 is 24.9 Å². The lowest BCUT2D eigenvalue weighted by Gasteiger charge is -2.18. The second kappa shape index (κ2) is 10.9. The number of imidazole rings is 1. The minimum atomic E-state index is -1.23. The first-order chi connectivity index (χ1) is 15.3. The number of aliphatic hydroxyl groups is 2. The number of ether oxygens (including phenoxy) is 1. The van der Waals surface area contributed by atoms with E-state index < -0.39 is 47.3 Å². The molecule has 12 heteroatoms. The van der Waals surface area contributed by atoms with E-state index in [4.69, 9.17) is 16.2 Å². The maximum absolute atomic E-state index is 11.3. The molecule has 2 aromatic heterocycles. The summed E-state index contributed by atoms with van der Waals surface area (Å²) in [5.41, 5.74) is 12.0. The number of unbranched alkanes of at least 4 members (excludes halogenated alkanes) is 1. The Morgan fingerprint density at radius 1 is 1.34 bits per heavy atom. The van der Waals surface area contributed by atoms with Crippen molar-refractivity contribution in [3.05, 3.63) is 12.7 Å². The molecule has 2 unspecified atom stereocenters. The number of aromatic nitrogens is 4. The summed E-state index contributed by atoms with van der Waals surface area (Å²) in [7, 11) is -0.491. The van der Waals surface area contributed by atoms with Crippen molar-refractivity contribution in [1.82, 2.24) is 19.5 Å². The Morgan fingerprint density at radius 3 is 2.84 bits per heavy atom. The van der Waals surface area contributed by atoms with Gasteiger partial charge in [0.2, 0.25) is 0 Å². The molecule has 174 valence electrons. The highest BCUT2D eigenvalue weighted by atomic mass is 32.2. The van der Waals surface area contributed by atoms with Gasteiger partial charge in [0.25, 0.3) is 0 Å². The predicted octanol–water partition coefficient (Wildman–Crippen LogP) is -2.23. The molecule has 3 heterocycles. The molecule has 3 rings (SSSR count). The Labute approximate surface area is 188 Å². The molecule has 0 radical (unpaired) electrons. The van der Waals surface area contributed by atoms with Gasteiger partial charge in [-0.05, 0) is 18.9 Å². The van der Waals surface area contributed by atoms with Crippen molar-refractivity contribution in [2.75, 3.05) is 29.5 Å². The highest BCUT2D eigenvalue weighted by molar-refractivity contribution is 7.97. The number of nitrogens with zero attached hydrogens (tertiary/aromatic N) is 4. The second-order valence-electron chi connectivity index (χ2n) is 7.69. The highest BCUT2D eigenvalue weighted by Crippen LogP contribution is 2.33. The molecule has 11 nitrogen and oxygen atoms in total. The maximum Gasteiger partial charge on any atom is 0.168 e. The predicted molar refractivity (Wildman–Crippen MR) is 118 cm³/mol. The van der Waals surface area contributed by atoms with E-state index in [-0.39, 0.29) is 5.82 Å². The molecule has 0 aliphatic carbocycles. The Hall–Kier alpha value is -2.43. The van der Waals surface area contributed by atoms with E-state index in [0.717, 1.165) is 6.42 Å². The van der Waals surface area contributed by atoms with Crippen molar-refractivity contribution in [2.45, 2.75) is 44.3 Å². The summed E-state index contributed by atoms with van der Waals surface area (Å²) in [6, 6.07) is 0. The normalized spacial score (nSPS) is 24.8. The van der Waals surface area contributed by atoms with Gasteiger partial charge in [-0.3, -0.25) is 4.57 Å². The van der Waals surface area contributed by atoms with E-state index in [1.54, 1.807) is 6.92 Å². The third-order valence-corrected chi connectivity index (χ3v) is 7.52. The zero-order valence-electron chi connectivity index (χ0n) is 17.8. The van der Waals surface area contributed by atoms with E-state index in [2.05, 4.69) is 26.8 Å². The Balaban J connectivity index is 1.74. The summed E-state index contributed by atoms with van der Waals surface area (Å²) >= 11 is 0. The summed E-state index contributed by atoms with van der Waals surface area (Å²) in [6.07, 6.45) is 0.145. The summed E-state index contributed by atoms with van der Waals surface area (Å²) < 4.78 is 7.51. The zero-order chi connectivity index (χ0) is 23.3. The number of carbonyl (C=O) groups is 1. The monoisotopic (exact) mass is 464 g/mol. The summed E-state index contributed by atoms with van der Waals surface area (Å²) in [4.78, 5) is 23.5. The molecule has 0 bridgehead atoms. The molecular formula is C20H28N6O5S. The maximum atomic E-state index is 11.3. The Morgan fingerprint density at radius 2 is 2.12 bits per heavy atom. The number of nitrogens with two attached hydrogens (primary N) is 2. The fraction of sp³-hybridized carbons (Fsp3) is 0.600. The van der Waals surface area contributed by atoms with Crippen LogP contribution >= 0.6 is 0 Å². The fourth-order valence-corrected chi connectivity index (χ4v) is 5.69. The highest BCUT2D eigenvalue weighted by Gasteiger charge is 2.47. The lowest BCUT2D eigenvalue weighted by Crippen LogP contribution is -2.40. The Kier molecular flexibility index (Phi) is 8.27. The van der Waals surface area contributed by atoms with Crippen molar-refractivity contribution in [1.29, 1.82) is 0 Å². The number of nitrogen functional groups attached to an aromatic ring is 1. The quantitative estimate of drug-likeness (QED) is 0.180. The van der Waals surface area contributed by atoms with E-state index in [0.29, 0.717) is 41.4 Å². The van der Waals surface area contributed by atoms with Crippen LogP contribution < -0.4 is 16.6 Å². The lowest BCUT2D eigenvalue weighted by molar-refractivity contribution is -0.310. The molecule has 1 aliphatic rings. The average molecular weight is 465 g/mol. The standard InChI is InChI=1S/C20H28N6O5S/c1-12(20(29)30)8-32(7-5-3-2-4-6-21)9-13-15(27)16(28)19(31-13)26-11-25-14-17(22)23-10-24-18(14)26/h10-13,15-16,19,27-28H,2,4,6-9,21H2,1H3,(H2-,22,23,24,29,30)/t12-,13+,15-,16?,19+,32?/m0/s1. The van der Waals surface area contributed by atoms with Crippen LogP contribution in [0.25, 0.3) is 11.2 Å². The lowest BCUT2D eigenvalue weighted by atomic mass is 10.1. The van der Waals surface area contributed by atoms with Crippen molar-refractivity contribution in [3.63, 3.8) is 0 Å². The number of rotatable bonds is 9. The van der Waals surface area contributed by atoms with Crippen LogP contribution in [0.3, 0.4) is 0 Å². The van der Waals surface area contributed by atoms with Gasteiger partial charge in [-0.2, -0.15) is 0 Å². The number of anilines is 1. The van der Waals surface area contributed by atoms with Gasteiger partial charge in [0.15, 0.2) is 23.4 Å². The van der Waals surface area contributed by atoms with Crippen LogP contribution in [0.1, 0.15) is 26.0 Å². The molecule has 0 aromatic carbocycles. The number of fused-ring (bicyclic) bond motifs is 1. The third-order valence-electron chi connectivity index (χ3n) is 5.19. The molecular weight excluding hydrogens is 436 g/mol. The van der Waals surface area contributed by atoms with Crippen LogP contribution in [0.5, 0.6) is 0 Å². The van der Waals surface area contributed by atoms with Crippen molar-refractivity contribution in [3.8, 4) is 11.8 Å². The van der Waals surface area contributed by atoms with Gasteiger partial charge in [0.05, 0.1) is 6.33 Å². The van der Waals surface area contributed by atoms with Crippen LogP contribution in [0.4, 0.5) is 5.82 Å². The van der Waals surface area contributed by atoms with Gasteiger partial charge in [-0.25, -0.2) is 15.0 Å². The molecule has 0 amide bonds. The second-order valence-corrected chi connectivity index (χ2v) is 9.87. The van der Waals surface area contributed by atoms with Gasteiger partial charge in [0, 0.05) is 29.2 Å². The third kappa shape index (κ3) is 5.48. The Bertz CT molecular complexity index is 992. The zero-order valence-corrected chi connectivity index (χ0v) is 18.6. The van der Waals surface area contributed by atoms with Gasteiger partial charge in [-0.15, -0.1) is 0 Å². The minimum Gasteiger partial charge on any atom is -0.550 e. The molecule has 1 saturated heterocycles. The molecule has 2 aromatic rings. The van der Waals surface area contributed by atoms with Crippen LogP contribution in [0.2, 0.25) is 0 Å². The van der Waals surface area contributed by atoms with Crippen LogP contribution in [0.15, 0.2) is 12.7 Å². The number of aliphatic hydroxyl groups excluding tert-OH is 2. The summed E-state index contributed by atoms with van der Waals surface area (Å²) in [5.74, 6) is 5.69. The number of carboxylic acid groups (broad SMARTS) is 1. The van der Waals surface area contributed by atoms with Gasteiger partial charge in [0.1, 0.15) is 41.7 Å². The number of hydrogen-bond acceptors (Lipinski definition) is 10. The van der Waals surface area contributed by atoms with Crippen LogP contribution in [-0.4, -0.2) is 77.8 Å². The summed E-state index contributed by atoms with van der Waals surface area (Å²) in [6.45, 7) is 2.14. The SMILES string of the molecule is C[C@@H](C[S+](CC#CCCCN)C[C@H]1O[C@@H](n2cnc3c(N)ncnc32)C(O)[C@H]1O)C(=O)[O-]. The first kappa shape index (κ1) is 24.2. The van der Waals surface area contributed by atoms with Crippen LogP contribution in [0, 0.1) is 17.8 Å². The van der Waals surface area contributed by atoms with E-state index in [9.17, 15) is 20.1 Å². The number of aliphatic carboxylic acids is 1. The van der Waals surface area contributed by atoms with E-state index in [1.807, 2.05) is 0 Å². The molecule has 6 atom stereocenters. The molecule has 1 fully saturated rings. The first-order valence-corrected chi connectivity index (χ1v) is 12.0. The van der Waals surface area contributed by atoms with Crippen LogP contribution in [-0.2, 0) is 20.4 Å².